The van der Waals surface area contributed by atoms with E-state index in [4.69, 9.17) is 15.2 Å². The van der Waals surface area contributed by atoms with Crippen LogP contribution in [0.5, 0.6) is 11.5 Å². The van der Waals surface area contributed by atoms with Crippen LogP contribution >= 0.6 is 0 Å². The number of aromatic nitrogens is 5. The molecule has 0 fully saturated rings. The molecule has 0 saturated carbocycles. The molecule has 0 aliphatic carbocycles. The minimum atomic E-state index is -0.533. The quantitative estimate of drug-likeness (QED) is 0.491. The maximum Gasteiger partial charge on any atom is 0.293 e. The fourth-order valence-electron chi connectivity index (χ4n) is 2.45. The van der Waals surface area contributed by atoms with Crippen molar-refractivity contribution in [2.24, 2.45) is 5.10 Å². The standard InChI is InChI=1S/C15H14N8O4/c1-7(9-3-4-10-11(5-9)26-6-25-10)17-19-15(24)12-8(2)23(22-18-12)14-13(16)20-27-21-14/h3-5H,6H2,1-2H3,(H2,16,20)(H,19,24)/b17-7-. The van der Waals surface area contributed by atoms with E-state index in [1.54, 1.807) is 26.0 Å². The van der Waals surface area contributed by atoms with Crippen LogP contribution in [-0.2, 0) is 0 Å². The fraction of sp³-hybridized carbons (Fsp3) is 0.200. The highest BCUT2D eigenvalue weighted by Gasteiger charge is 2.21. The van der Waals surface area contributed by atoms with E-state index in [9.17, 15) is 4.79 Å². The Morgan fingerprint density at radius 1 is 1.30 bits per heavy atom. The smallest absolute Gasteiger partial charge is 0.293 e. The van der Waals surface area contributed by atoms with Crippen LogP contribution < -0.4 is 20.6 Å². The SMILES string of the molecule is C/C(=N/NC(=O)c1nnn(-c2nonc2N)c1C)c1ccc2c(c1)OCO2. The number of nitrogen functional groups attached to an aromatic ring is 1. The van der Waals surface area contributed by atoms with Gasteiger partial charge in [0.25, 0.3) is 5.91 Å². The molecule has 0 bridgehead atoms. The first-order valence-corrected chi connectivity index (χ1v) is 7.80. The molecule has 4 rings (SSSR count). The Morgan fingerprint density at radius 3 is 2.89 bits per heavy atom. The topological polar surface area (TPSA) is 156 Å². The van der Waals surface area contributed by atoms with Crippen LogP contribution in [0.15, 0.2) is 27.9 Å². The number of hydrogen-bond acceptors (Lipinski definition) is 10. The van der Waals surface area contributed by atoms with Crippen LogP contribution in [0.25, 0.3) is 5.82 Å². The van der Waals surface area contributed by atoms with Gasteiger partial charge in [-0.2, -0.15) is 9.78 Å². The lowest BCUT2D eigenvalue weighted by Gasteiger charge is -2.04. The number of benzene rings is 1. The van der Waals surface area contributed by atoms with Gasteiger partial charge in [0.2, 0.25) is 18.4 Å². The number of amides is 1. The van der Waals surface area contributed by atoms with Crippen molar-refractivity contribution in [1.82, 2.24) is 30.7 Å². The minimum Gasteiger partial charge on any atom is -0.454 e. The van der Waals surface area contributed by atoms with Crippen LogP contribution in [-0.4, -0.2) is 43.7 Å². The molecule has 0 atom stereocenters. The average molecular weight is 370 g/mol. The van der Waals surface area contributed by atoms with Gasteiger partial charge in [-0.25, -0.2) is 10.1 Å². The van der Waals surface area contributed by atoms with Crippen molar-refractivity contribution in [3.05, 3.63) is 35.2 Å². The van der Waals surface area contributed by atoms with E-state index in [-0.39, 0.29) is 24.1 Å². The number of anilines is 1. The molecule has 12 nitrogen and oxygen atoms in total. The molecule has 138 valence electrons. The Labute approximate surface area is 151 Å². The third-order valence-electron chi connectivity index (χ3n) is 3.92. The van der Waals surface area contributed by atoms with Crippen LogP contribution in [0.3, 0.4) is 0 Å². The number of ether oxygens (including phenoxy) is 2. The molecule has 27 heavy (non-hydrogen) atoms. The predicted molar refractivity (Wildman–Crippen MR) is 90.6 cm³/mol. The molecule has 12 heteroatoms. The van der Waals surface area contributed by atoms with Crippen LogP contribution in [0.2, 0.25) is 0 Å². The van der Waals surface area contributed by atoms with E-state index < -0.39 is 5.91 Å². The van der Waals surface area contributed by atoms with E-state index in [0.29, 0.717) is 22.9 Å². The molecule has 0 saturated heterocycles. The summed E-state index contributed by atoms with van der Waals surface area (Å²) in [4.78, 5) is 12.4. The van der Waals surface area contributed by atoms with Crippen molar-refractivity contribution in [3.8, 4) is 17.3 Å². The van der Waals surface area contributed by atoms with Gasteiger partial charge < -0.3 is 15.2 Å². The number of fused-ring (bicyclic) bond motifs is 1. The van der Waals surface area contributed by atoms with Gasteiger partial charge in [0.1, 0.15) is 0 Å². The molecule has 0 radical (unpaired) electrons. The molecule has 3 N–H and O–H groups in total. The molecular formula is C15H14N8O4. The third-order valence-corrected chi connectivity index (χ3v) is 3.92. The second-order valence-corrected chi connectivity index (χ2v) is 5.61. The Morgan fingerprint density at radius 2 is 2.11 bits per heavy atom. The summed E-state index contributed by atoms with van der Waals surface area (Å²) < 4.78 is 16.4. The number of nitrogens with zero attached hydrogens (tertiary/aromatic N) is 6. The summed E-state index contributed by atoms with van der Waals surface area (Å²) in [5.74, 6) is 0.954. The molecule has 1 amide bonds. The van der Waals surface area contributed by atoms with Crippen molar-refractivity contribution < 1.29 is 18.9 Å². The van der Waals surface area contributed by atoms with Crippen LogP contribution in [0.4, 0.5) is 5.82 Å². The van der Waals surface area contributed by atoms with Crippen molar-refractivity contribution in [1.29, 1.82) is 0 Å². The highest BCUT2D eigenvalue weighted by Crippen LogP contribution is 2.32. The summed E-state index contributed by atoms with van der Waals surface area (Å²) in [6.45, 7) is 3.58. The summed E-state index contributed by atoms with van der Waals surface area (Å²) in [7, 11) is 0. The number of hydrogen-bond donors (Lipinski definition) is 2. The maximum atomic E-state index is 12.4. The van der Waals surface area contributed by atoms with Gasteiger partial charge in [-0.05, 0) is 42.4 Å². The predicted octanol–water partition coefficient (Wildman–Crippen LogP) is 0.424. The summed E-state index contributed by atoms with van der Waals surface area (Å²) in [5.41, 5.74) is 9.92. The van der Waals surface area contributed by atoms with Gasteiger partial charge in [0.05, 0.1) is 11.4 Å². The normalized spacial score (nSPS) is 13.0. The third kappa shape index (κ3) is 2.92. The zero-order chi connectivity index (χ0) is 19.0. The van der Waals surface area contributed by atoms with Crippen LogP contribution in [0.1, 0.15) is 28.7 Å². The van der Waals surface area contributed by atoms with Crippen molar-refractivity contribution in [2.45, 2.75) is 13.8 Å². The molecular weight excluding hydrogens is 356 g/mol. The Hall–Kier alpha value is -3.96. The monoisotopic (exact) mass is 370 g/mol. The van der Waals surface area contributed by atoms with E-state index in [1.807, 2.05) is 6.07 Å². The Kier molecular flexibility index (Phi) is 3.91. The van der Waals surface area contributed by atoms with E-state index in [0.717, 1.165) is 5.56 Å². The van der Waals surface area contributed by atoms with Gasteiger partial charge >= 0.3 is 0 Å². The molecule has 2 aromatic heterocycles. The number of carbonyl (C=O) groups is 1. The molecule has 1 aliphatic heterocycles. The summed E-state index contributed by atoms with van der Waals surface area (Å²) >= 11 is 0. The second-order valence-electron chi connectivity index (χ2n) is 5.61. The lowest BCUT2D eigenvalue weighted by Crippen LogP contribution is -2.21. The molecule has 0 spiro atoms. The number of carbonyl (C=O) groups excluding carboxylic acids is 1. The Bertz CT molecular complexity index is 1050. The zero-order valence-corrected chi connectivity index (χ0v) is 14.3. The maximum absolute atomic E-state index is 12.4. The average Bonchev–Trinajstić information content (AvgIpc) is 3.38. The highest BCUT2D eigenvalue weighted by molar-refractivity contribution is 6.01. The summed E-state index contributed by atoms with van der Waals surface area (Å²) in [6, 6.07) is 5.39. The minimum absolute atomic E-state index is 0.0339. The molecule has 3 heterocycles. The largest absolute Gasteiger partial charge is 0.454 e. The van der Waals surface area contributed by atoms with Crippen LogP contribution in [0, 0.1) is 6.92 Å². The molecule has 0 unspecified atom stereocenters. The van der Waals surface area contributed by atoms with Crippen molar-refractivity contribution in [3.63, 3.8) is 0 Å². The number of nitrogens with one attached hydrogen (secondary N) is 1. The van der Waals surface area contributed by atoms with Gasteiger partial charge in [-0.3, -0.25) is 4.79 Å². The lowest BCUT2D eigenvalue weighted by atomic mass is 10.1. The molecule has 1 aromatic carbocycles. The van der Waals surface area contributed by atoms with Crippen molar-refractivity contribution >= 4 is 17.4 Å². The van der Waals surface area contributed by atoms with Gasteiger partial charge in [-0.15, -0.1) is 5.10 Å². The van der Waals surface area contributed by atoms with Gasteiger partial charge in [-0.1, -0.05) is 5.21 Å². The first kappa shape index (κ1) is 16.5. The fourth-order valence-corrected chi connectivity index (χ4v) is 2.45. The second kappa shape index (κ2) is 6.40. The number of rotatable bonds is 4. The lowest BCUT2D eigenvalue weighted by molar-refractivity contribution is 0.0949. The Balaban J connectivity index is 1.52. The number of hydrazone groups is 1. The van der Waals surface area contributed by atoms with Crippen molar-refractivity contribution in [2.75, 3.05) is 12.5 Å². The first-order valence-electron chi connectivity index (χ1n) is 7.80. The summed E-state index contributed by atoms with van der Waals surface area (Å²) in [5, 5.41) is 18.9. The van der Waals surface area contributed by atoms with Gasteiger partial charge in [0.15, 0.2) is 17.2 Å². The summed E-state index contributed by atoms with van der Waals surface area (Å²) in [6.07, 6.45) is 0. The van der Waals surface area contributed by atoms with E-state index in [2.05, 4.69) is 35.8 Å². The van der Waals surface area contributed by atoms with E-state index in [1.165, 1.54) is 4.68 Å². The van der Waals surface area contributed by atoms with Gasteiger partial charge in [0, 0.05) is 5.56 Å². The van der Waals surface area contributed by atoms with E-state index >= 15 is 0 Å². The molecule has 1 aliphatic rings. The zero-order valence-electron chi connectivity index (χ0n) is 14.3. The first-order chi connectivity index (χ1) is 13.0. The highest BCUT2D eigenvalue weighted by atomic mass is 16.7. The number of nitrogens with two attached hydrogens (primary N) is 1. The molecule has 3 aromatic rings.